The van der Waals surface area contributed by atoms with E-state index in [4.69, 9.17) is 19.0 Å². The third-order valence-electron chi connectivity index (χ3n) is 4.18. The highest BCUT2D eigenvalue weighted by atomic mass is 32.2. The van der Waals surface area contributed by atoms with E-state index in [1.165, 1.54) is 0 Å². The molecule has 0 unspecified atom stereocenters. The zero-order valence-electron chi connectivity index (χ0n) is 14.9. The molecule has 1 heterocycles. The van der Waals surface area contributed by atoms with Gasteiger partial charge in [0.1, 0.15) is 11.3 Å². The number of fused-ring (bicyclic) bond motifs is 1. The second-order valence-electron chi connectivity index (χ2n) is 5.76. The molecule has 136 valence electrons. The molecule has 1 N–H and O–H groups in total. The maximum atomic E-state index is 10.8. The van der Waals surface area contributed by atoms with E-state index in [1.807, 2.05) is 42.7 Å². The molecule has 3 rings (SSSR count). The van der Waals surface area contributed by atoms with Crippen molar-refractivity contribution in [3.05, 3.63) is 42.0 Å². The van der Waals surface area contributed by atoms with Gasteiger partial charge in [-0.2, -0.15) is 0 Å². The van der Waals surface area contributed by atoms with Crippen LogP contribution in [0.3, 0.4) is 0 Å². The molecule has 0 atom stereocenters. The van der Waals surface area contributed by atoms with Crippen molar-refractivity contribution in [2.75, 3.05) is 20.5 Å². The number of benzene rings is 2. The van der Waals surface area contributed by atoms with Crippen LogP contribution in [0.4, 0.5) is 0 Å². The van der Waals surface area contributed by atoms with Gasteiger partial charge in [0.15, 0.2) is 11.5 Å². The molecule has 0 aliphatic heterocycles. The largest absolute Gasteiger partial charge is 0.493 e. The standard InChI is InChI=1S/C20H20O5S/c1-23-16-8-6-13(11-17(16)24-2)19-20(26-3)14-10-12(5-9-18(21)22)4-7-15(14)25-19/h4,6-8,10-11H,5,9H2,1-3H3,(H,21,22). The SMILES string of the molecule is COc1ccc(-c2oc3ccc(CCC(=O)O)cc3c2SC)cc1OC. The number of thioether (sulfide) groups is 1. The van der Waals surface area contributed by atoms with Gasteiger partial charge in [-0.15, -0.1) is 11.8 Å². The lowest BCUT2D eigenvalue weighted by Crippen LogP contribution is -1.97. The average molecular weight is 372 g/mol. The molecule has 0 spiro atoms. The molecule has 26 heavy (non-hydrogen) atoms. The Bertz CT molecular complexity index is 945. The number of carbonyl (C=O) groups is 1. The molecule has 1 aromatic heterocycles. The number of aliphatic carboxylic acids is 1. The summed E-state index contributed by atoms with van der Waals surface area (Å²) in [6, 6.07) is 11.5. The summed E-state index contributed by atoms with van der Waals surface area (Å²) in [4.78, 5) is 11.8. The number of furan rings is 1. The normalized spacial score (nSPS) is 10.9. The minimum absolute atomic E-state index is 0.112. The number of hydrogen-bond acceptors (Lipinski definition) is 5. The van der Waals surface area contributed by atoms with Gasteiger partial charge in [-0.05, 0) is 48.6 Å². The van der Waals surface area contributed by atoms with Crippen molar-refractivity contribution in [1.82, 2.24) is 0 Å². The van der Waals surface area contributed by atoms with Crippen LogP contribution in [0.1, 0.15) is 12.0 Å². The fraction of sp³-hybridized carbons (Fsp3) is 0.250. The predicted octanol–water partition coefficient (Wildman–Crippen LogP) is 4.86. The van der Waals surface area contributed by atoms with Crippen LogP contribution < -0.4 is 9.47 Å². The lowest BCUT2D eigenvalue weighted by molar-refractivity contribution is -0.136. The first kappa shape index (κ1) is 18.2. The van der Waals surface area contributed by atoms with Crippen LogP contribution in [0.15, 0.2) is 45.7 Å². The molecular formula is C20H20O5S. The molecular weight excluding hydrogens is 352 g/mol. The molecule has 2 aromatic carbocycles. The summed E-state index contributed by atoms with van der Waals surface area (Å²) in [7, 11) is 3.20. The van der Waals surface area contributed by atoms with Crippen molar-refractivity contribution < 1.29 is 23.8 Å². The monoisotopic (exact) mass is 372 g/mol. The summed E-state index contributed by atoms with van der Waals surface area (Å²) in [6.45, 7) is 0. The number of aryl methyl sites for hydroxylation is 1. The number of hydrogen-bond donors (Lipinski definition) is 1. The summed E-state index contributed by atoms with van der Waals surface area (Å²) in [6.07, 6.45) is 2.61. The minimum Gasteiger partial charge on any atom is -0.493 e. The molecule has 0 aliphatic rings. The van der Waals surface area contributed by atoms with Gasteiger partial charge in [-0.3, -0.25) is 4.79 Å². The third kappa shape index (κ3) is 3.51. The van der Waals surface area contributed by atoms with Crippen LogP contribution in [0, 0.1) is 0 Å². The molecule has 0 aliphatic carbocycles. The lowest BCUT2D eigenvalue weighted by Gasteiger charge is -2.09. The smallest absolute Gasteiger partial charge is 0.303 e. The highest BCUT2D eigenvalue weighted by Crippen LogP contribution is 2.42. The van der Waals surface area contributed by atoms with Gasteiger partial charge in [-0.1, -0.05) is 6.07 Å². The second kappa shape index (κ2) is 7.74. The van der Waals surface area contributed by atoms with Crippen LogP contribution in [-0.2, 0) is 11.2 Å². The van der Waals surface area contributed by atoms with Gasteiger partial charge < -0.3 is 19.0 Å². The van der Waals surface area contributed by atoms with Crippen molar-refractivity contribution in [2.45, 2.75) is 17.7 Å². The van der Waals surface area contributed by atoms with E-state index in [0.717, 1.165) is 32.8 Å². The Morgan fingerprint density at radius 1 is 1.12 bits per heavy atom. The van der Waals surface area contributed by atoms with Gasteiger partial charge in [0.25, 0.3) is 0 Å². The topological polar surface area (TPSA) is 68.9 Å². The number of methoxy groups -OCH3 is 2. The molecule has 0 fully saturated rings. The predicted molar refractivity (Wildman–Crippen MR) is 102 cm³/mol. The number of carboxylic acids is 1. The van der Waals surface area contributed by atoms with Gasteiger partial charge in [0, 0.05) is 17.4 Å². The van der Waals surface area contributed by atoms with E-state index in [9.17, 15) is 4.79 Å². The number of carboxylic acid groups (broad SMARTS) is 1. The van der Waals surface area contributed by atoms with Gasteiger partial charge in [0.05, 0.1) is 19.1 Å². The maximum Gasteiger partial charge on any atom is 0.303 e. The molecule has 5 nitrogen and oxygen atoms in total. The zero-order valence-corrected chi connectivity index (χ0v) is 15.7. The molecule has 0 amide bonds. The average Bonchev–Trinajstić information content (AvgIpc) is 3.03. The zero-order chi connectivity index (χ0) is 18.7. The summed E-state index contributed by atoms with van der Waals surface area (Å²) >= 11 is 1.60. The first-order valence-corrected chi connectivity index (χ1v) is 9.33. The Balaban J connectivity index is 2.07. The third-order valence-corrected chi connectivity index (χ3v) is 5.00. The van der Waals surface area contributed by atoms with Crippen LogP contribution in [0.5, 0.6) is 11.5 Å². The van der Waals surface area contributed by atoms with Gasteiger partial charge in [0.2, 0.25) is 0 Å². The van der Waals surface area contributed by atoms with Crippen LogP contribution in [0.2, 0.25) is 0 Å². The second-order valence-corrected chi connectivity index (χ2v) is 6.57. The van der Waals surface area contributed by atoms with E-state index in [2.05, 4.69) is 0 Å². The van der Waals surface area contributed by atoms with Crippen molar-refractivity contribution in [3.63, 3.8) is 0 Å². The van der Waals surface area contributed by atoms with Crippen LogP contribution in [-0.4, -0.2) is 31.6 Å². The molecule has 0 saturated carbocycles. The van der Waals surface area contributed by atoms with E-state index >= 15 is 0 Å². The first-order valence-electron chi connectivity index (χ1n) is 8.11. The fourth-order valence-electron chi connectivity index (χ4n) is 2.90. The highest BCUT2D eigenvalue weighted by molar-refractivity contribution is 7.99. The highest BCUT2D eigenvalue weighted by Gasteiger charge is 2.17. The molecule has 0 saturated heterocycles. The Kier molecular flexibility index (Phi) is 5.42. The number of rotatable bonds is 7. The quantitative estimate of drug-likeness (QED) is 0.598. The molecule has 3 aromatic rings. The van der Waals surface area contributed by atoms with Crippen molar-refractivity contribution >= 4 is 28.7 Å². The summed E-state index contributed by atoms with van der Waals surface area (Å²) in [5, 5.41) is 9.88. The summed E-state index contributed by atoms with van der Waals surface area (Å²) in [5.74, 6) is 1.27. The lowest BCUT2D eigenvalue weighted by atomic mass is 10.1. The fourth-order valence-corrected chi connectivity index (χ4v) is 3.62. The van der Waals surface area contributed by atoms with Crippen molar-refractivity contribution in [3.8, 4) is 22.8 Å². The van der Waals surface area contributed by atoms with Gasteiger partial charge >= 0.3 is 5.97 Å². The Hall–Kier alpha value is -2.60. The van der Waals surface area contributed by atoms with E-state index in [-0.39, 0.29) is 6.42 Å². The van der Waals surface area contributed by atoms with E-state index in [1.54, 1.807) is 26.0 Å². The van der Waals surface area contributed by atoms with Crippen molar-refractivity contribution in [2.24, 2.45) is 0 Å². The van der Waals surface area contributed by atoms with Crippen molar-refractivity contribution in [1.29, 1.82) is 0 Å². The van der Waals surface area contributed by atoms with E-state index < -0.39 is 5.97 Å². The first-order chi connectivity index (χ1) is 12.6. The molecule has 0 bridgehead atoms. The van der Waals surface area contributed by atoms with Gasteiger partial charge in [-0.25, -0.2) is 0 Å². The summed E-state index contributed by atoms with van der Waals surface area (Å²) in [5.41, 5.74) is 2.66. The minimum atomic E-state index is -0.798. The maximum absolute atomic E-state index is 10.8. The molecule has 0 radical (unpaired) electrons. The van der Waals surface area contributed by atoms with E-state index in [0.29, 0.717) is 17.9 Å². The Morgan fingerprint density at radius 2 is 1.88 bits per heavy atom. The number of ether oxygens (including phenoxy) is 2. The van der Waals surface area contributed by atoms with Crippen LogP contribution >= 0.6 is 11.8 Å². The molecule has 6 heteroatoms. The Labute approximate surface area is 155 Å². The summed E-state index contributed by atoms with van der Waals surface area (Å²) < 4.78 is 16.8. The van der Waals surface area contributed by atoms with Crippen LogP contribution in [0.25, 0.3) is 22.3 Å². The Morgan fingerprint density at radius 3 is 2.54 bits per heavy atom.